The Morgan fingerprint density at radius 3 is 0.714 bits per heavy atom. The average Bonchev–Trinajstić information content (AvgIpc) is 2.54. The molecular weight excluding hydrogens is 274 g/mol. The number of nitrogens with zero attached hydrogens (tertiary/aromatic N) is 1. The Kier molecular flexibility index (Phi) is 32.5. The van der Waals surface area contributed by atoms with Gasteiger partial charge in [-0.3, -0.25) is 0 Å². The van der Waals surface area contributed by atoms with Crippen LogP contribution in [0.4, 0.5) is 0 Å². The second-order valence-electron chi connectivity index (χ2n) is 2.60. The molecule has 0 atom stereocenters. The quantitative estimate of drug-likeness (QED) is 0.297. The summed E-state index contributed by atoms with van der Waals surface area (Å²) in [6.07, 6.45) is 1.50. The van der Waals surface area contributed by atoms with Gasteiger partial charge in [0.1, 0.15) is 0 Å². The van der Waals surface area contributed by atoms with E-state index in [1.54, 1.807) is 0 Å². The molecule has 0 fully saturated rings. The summed E-state index contributed by atoms with van der Waals surface area (Å²) >= 11 is 0. The number of hydrogen-bond acceptors (Lipinski definition) is 6. The van der Waals surface area contributed by atoms with Crippen LogP contribution in [0.15, 0.2) is 78.1 Å². The third kappa shape index (κ3) is 47.8. The molecular formula is C14H15N3O4. The minimum Gasteiger partial charge on any atom is -0.379 e. The molecule has 0 aliphatic rings. The van der Waals surface area contributed by atoms with Crippen molar-refractivity contribution in [2.24, 2.45) is 5.34 Å². The number of hydrogen-bond donors (Lipinski definition) is 3. The van der Waals surface area contributed by atoms with Crippen LogP contribution in [-0.4, -0.2) is 17.4 Å². The molecule has 2 aromatic rings. The monoisotopic (exact) mass is 289 g/mol. The van der Waals surface area contributed by atoms with Crippen LogP contribution in [0.3, 0.4) is 0 Å². The minimum absolute atomic E-state index is 0.750. The predicted molar refractivity (Wildman–Crippen MR) is 77.3 cm³/mol. The zero-order valence-electron chi connectivity index (χ0n) is 11.0. The fourth-order valence-electron chi connectivity index (χ4n) is 0.770. The molecule has 110 valence electrons. The number of benzene rings is 2. The van der Waals surface area contributed by atoms with Gasteiger partial charge in [0.05, 0.1) is 0 Å². The van der Waals surface area contributed by atoms with Gasteiger partial charge in [0.2, 0.25) is 12.2 Å². The minimum atomic E-state index is 0.750. The first kappa shape index (κ1) is 22.8. The maximum Gasteiger partial charge on any atom is 0.231 e. The highest BCUT2D eigenvalue weighted by atomic mass is 16.6. The van der Waals surface area contributed by atoms with E-state index in [2.05, 4.69) is 0 Å². The van der Waals surface area contributed by atoms with E-state index < -0.39 is 0 Å². The number of rotatable bonds is 0. The normalized spacial score (nSPS) is 5.90. The van der Waals surface area contributed by atoms with E-state index in [-0.39, 0.29) is 0 Å². The second kappa shape index (κ2) is 30.0. The standard InChI is InChI=1S/2C6H6.2CHNO.HNO2/c2*1-2-4-6-5-3-1;3*2-1-3/h2*1-6H;2*2H;(H,2,3). The molecule has 2 aromatic carbocycles. The van der Waals surface area contributed by atoms with Crippen LogP contribution < -0.4 is 0 Å². The van der Waals surface area contributed by atoms with Gasteiger partial charge >= 0.3 is 0 Å². The van der Waals surface area contributed by atoms with Crippen molar-refractivity contribution in [2.45, 2.75) is 0 Å². The van der Waals surface area contributed by atoms with Crippen LogP contribution in [0.25, 0.3) is 0 Å². The number of nitrogens with one attached hydrogen (secondary N) is 2. The summed E-state index contributed by atoms with van der Waals surface area (Å²) in [5.41, 5.74) is 0. The van der Waals surface area contributed by atoms with E-state index >= 15 is 0 Å². The van der Waals surface area contributed by atoms with Gasteiger partial charge in [-0.1, -0.05) is 72.8 Å². The fourth-order valence-corrected chi connectivity index (χ4v) is 0.770. The lowest BCUT2D eigenvalue weighted by Crippen LogP contribution is -1.47. The Hall–Kier alpha value is -3.40. The smallest absolute Gasteiger partial charge is 0.231 e. The van der Waals surface area contributed by atoms with E-state index in [1.165, 1.54) is 5.34 Å². The second-order valence-corrected chi connectivity index (χ2v) is 2.60. The van der Waals surface area contributed by atoms with Crippen LogP contribution in [-0.2, 0) is 9.59 Å². The summed E-state index contributed by atoms with van der Waals surface area (Å²) in [5, 5.41) is 18.7. The molecule has 2 rings (SSSR count). The van der Waals surface area contributed by atoms with E-state index in [4.69, 9.17) is 30.5 Å². The Labute approximate surface area is 121 Å². The lowest BCUT2D eigenvalue weighted by atomic mass is 10.4. The van der Waals surface area contributed by atoms with Crippen LogP contribution in [0.5, 0.6) is 0 Å². The summed E-state index contributed by atoms with van der Waals surface area (Å²) < 4.78 is 0. The zero-order valence-corrected chi connectivity index (χ0v) is 11.0. The molecule has 0 radical (unpaired) electrons. The SMILES string of the molecule is N=C=O.N=C=O.O=NO.c1ccccc1.c1ccccc1. The molecule has 0 spiro atoms. The molecule has 21 heavy (non-hydrogen) atoms. The molecule has 7 nitrogen and oxygen atoms in total. The zero-order chi connectivity index (χ0) is 16.6. The van der Waals surface area contributed by atoms with Crippen molar-refractivity contribution >= 4 is 12.2 Å². The van der Waals surface area contributed by atoms with Crippen molar-refractivity contribution in [3.63, 3.8) is 0 Å². The van der Waals surface area contributed by atoms with Gasteiger partial charge in [-0.05, 0) is 0 Å². The van der Waals surface area contributed by atoms with Crippen LogP contribution in [0.2, 0.25) is 0 Å². The molecule has 0 saturated carbocycles. The Bertz CT molecular complexity index is 369. The van der Waals surface area contributed by atoms with Crippen molar-refractivity contribution in [3.05, 3.63) is 77.7 Å². The first-order valence-electron chi connectivity index (χ1n) is 5.29. The van der Waals surface area contributed by atoms with Gasteiger partial charge < -0.3 is 5.21 Å². The third-order valence-electron chi connectivity index (χ3n) is 1.33. The molecule has 3 N–H and O–H groups in total. The Morgan fingerprint density at radius 2 is 0.667 bits per heavy atom. The van der Waals surface area contributed by atoms with E-state index in [0.29, 0.717) is 0 Å². The van der Waals surface area contributed by atoms with Crippen molar-refractivity contribution in [2.75, 3.05) is 0 Å². The largest absolute Gasteiger partial charge is 0.379 e. The van der Waals surface area contributed by atoms with Gasteiger partial charge in [0.25, 0.3) is 0 Å². The summed E-state index contributed by atoms with van der Waals surface area (Å²) in [6.45, 7) is 0. The highest BCUT2D eigenvalue weighted by Gasteiger charge is 1.58. The van der Waals surface area contributed by atoms with Gasteiger partial charge in [-0.15, -0.1) is 4.91 Å². The van der Waals surface area contributed by atoms with Crippen molar-refractivity contribution < 1.29 is 14.8 Å². The Balaban J connectivity index is -0.000000204. The molecule has 0 aromatic heterocycles. The molecule has 0 unspecified atom stereocenters. The van der Waals surface area contributed by atoms with Crippen molar-refractivity contribution in [1.29, 1.82) is 10.8 Å². The van der Waals surface area contributed by atoms with Gasteiger partial charge in [0, 0.05) is 0 Å². The van der Waals surface area contributed by atoms with Crippen LogP contribution in [0.1, 0.15) is 0 Å². The highest BCUT2D eigenvalue weighted by molar-refractivity contribution is 5.26. The van der Waals surface area contributed by atoms with E-state index in [0.717, 1.165) is 12.2 Å². The topological polar surface area (TPSA) is 132 Å². The summed E-state index contributed by atoms with van der Waals surface area (Å²) in [4.78, 5) is 24.8. The number of isocyanates is 2. The van der Waals surface area contributed by atoms with Gasteiger partial charge in [-0.2, -0.15) is 0 Å². The van der Waals surface area contributed by atoms with Crippen molar-refractivity contribution in [3.8, 4) is 0 Å². The van der Waals surface area contributed by atoms with E-state index in [9.17, 15) is 0 Å². The summed E-state index contributed by atoms with van der Waals surface area (Å²) in [7, 11) is 0. The van der Waals surface area contributed by atoms with Gasteiger partial charge in [0.15, 0.2) is 5.34 Å². The molecule has 0 bridgehead atoms. The highest BCUT2D eigenvalue weighted by Crippen LogP contribution is 1.80. The molecule has 0 aliphatic carbocycles. The summed E-state index contributed by atoms with van der Waals surface area (Å²) in [6, 6.07) is 24.0. The predicted octanol–water partition coefficient (Wildman–Crippen LogP) is 3.32. The van der Waals surface area contributed by atoms with Gasteiger partial charge in [-0.25, -0.2) is 20.4 Å². The maximum atomic E-state index is 8.35. The van der Waals surface area contributed by atoms with Crippen LogP contribution in [0, 0.1) is 15.7 Å². The lowest BCUT2D eigenvalue weighted by Gasteiger charge is -1.69. The third-order valence-corrected chi connectivity index (χ3v) is 1.33. The maximum absolute atomic E-state index is 8.35. The first-order valence-corrected chi connectivity index (χ1v) is 5.29. The molecule has 0 saturated heterocycles. The molecule has 7 heteroatoms. The van der Waals surface area contributed by atoms with Crippen molar-refractivity contribution in [1.82, 2.24) is 0 Å². The van der Waals surface area contributed by atoms with Crippen LogP contribution >= 0.6 is 0 Å². The molecule has 0 amide bonds. The Morgan fingerprint density at radius 1 is 0.619 bits per heavy atom. The number of carbonyl (C=O) groups excluding carboxylic acids is 2. The molecule has 0 aliphatic heterocycles. The molecule has 0 heterocycles. The van der Waals surface area contributed by atoms with E-state index in [1.807, 2.05) is 72.8 Å². The lowest BCUT2D eigenvalue weighted by molar-refractivity contribution is 0.312. The first-order chi connectivity index (χ1) is 10.2. The summed E-state index contributed by atoms with van der Waals surface area (Å²) in [5.74, 6) is 0. The average molecular weight is 289 g/mol. The fraction of sp³-hybridized carbons (Fsp3) is 0.